The molecule has 0 aromatic heterocycles. The quantitative estimate of drug-likeness (QED) is 0.624. The maximum absolute atomic E-state index is 10.5. The Kier molecular flexibility index (Phi) is 3.24. The van der Waals surface area contributed by atoms with Gasteiger partial charge in [0.05, 0.1) is 11.7 Å². The van der Waals surface area contributed by atoms with Gasteiger partial charge < -0.3 is 15.3 Å². The maximum Gasteiger partial charge on any atom is 0.0747 e. The molecule has 0 unspecified atom stereocenters. The van der Waals surface area contributed by atoms with Gasteiger partial charge in [0, 0.05) is 6.61 Å². The van der Waals surface area contributed by atoms with Crippen molar-refractivity contribution in [3.05, 3.63) is 0 Å². The minimum atomic E-state index is -0.846. The molecule has 0 bridgehead atoms. The third-order valence-corrected chi connectivity index (χ3v) is 3.85. The standard InChI is InChI=1S/C11H22O3/c1-8-6-9(13)7-10(2,3)11(8,14)4-5-12/h8-9,12-14H,4-7H2,1-3H3/t8-,9+,11+/m1/s1. The van der Waals surface area contributed by atoms with E-state index in [1.165, 1.54) is 0 Å². The molecule has 0 aromatic rings. The SMILES string of the molecule is C[C@@H]1C[C@H](O)CC(C)(C)[C@]1(O)CCO. The predicted molar refractivity (Wildman–Crippen MR) is 54.8 cm³/mol. The van der Waals surface area contributed by atoms with Crippen LogP contribution in [0, 0.1) is 11.3 Å². The van der Waals surface area contributed by atoms with Crippen molar-refractivity contribution in [1.29, 1.82) is 0 Å². The van der Waals surface area contributed by atoms with E-state index >= 15 is 0 Å². The van der Waals surface area contributed by atoms with Crippen LogP contribution < -0.4 is 0 Å². The molecule has 3 nitrogen and oxygen atoms in total. The second kappa shape index (κ2) is 3.80. The van der Waals surface area contributed by atoms with E-state index in [0.29, 0.717) is 19.3 Å². The molecule has 1 rings (SSSR count). The van der Waals surface area contributed by atoms with Crippen LogP contribution in [-0.4, -0.2) is 33.6 Å². The highest BCUT2D eigenvalue weighted by Crippen LogP contribution is 2.48. The Morgan fingerprint density at radius 1 is 1.36 bits per heavy atom. The van der Waals surface area contributed by atoms with Crippen LogP contribution >= 0.6 is 0 Å². The topological polar surface area (TPSA) is 60.7 Å². The molecule has 3 heteroatoms. The third kappa shape index (κ3) is 1.81. The van der Waals surface area contributed by atoms with Crippen molar-refractivity contribution >= 4 is 0 Å². The molecular weight excluding hydrogens is 180 g/mol. The van der Waals surface area contributed by atoms with Gasteiger partial charge in [-0.25, -0.2) is 0 Å². The molecule has 0 saturated heterocycles. The molecule has 3 N–H and O–H groups in total. The van der Waals surface area contributed by atoms with E-state index in [9.17, 15) is 10.2 Å². The fraction of sp³-hybridized carbons (Fsp3) is 1.00. The molecule has 14 heavy (non-hydrogen) atoms. The van der Waals surface area contributed by atoms with E-state index in [2.05, 4.69) is 0 Å². The van der Waals surface area contributed by atoms with Crippen LogP contribution in [0.5, 0.6) is 0 Å². The van der Waals surface area contributed by atoms with Gasteiger partial charge in [0.2, 0.25) is 0 Å². The minimum Gasteiger partial charge on any atom is -0.396 e. The zero-order valence-corrected chi connectivity index (χ0v) is 9.32. The van der Waals surface area contributed by atoms with Crippen molar-refractivity contribution in [1.82, 2.24) is 0 Å². The van der Waals surface area contributed by atoms with Crippen molar-refractivity contribution in [2.75, 3.05) is 6.61 Å². The lowest BCUT2D eigenvalue weighted by molar-refractivity contribution is -0.168. The number of aliphatic hydroxyl groups is 3. The molecular formula is C11H22O3. The van der Waals surface area contributed by atoms with Crippen molar-refractivity contribution in [2.24, 2.45) is 11.3 Å². The van der Waals surface area contributed by atoms with Crippen LogP contribution in [0.15, 0.2) is 0 Å². The average molecular weight is 202 g/mol. The van der Waals surface area contributed by atoms with E-state index in [0.717, 1.165) is 0 Å². The van der Waals surface area contributed by atoms with Gasteiger partial charge in [-0.1, -0.05) is 20.8 Å². The van der Waals surface area contributed by atoms with Crippen molar-refractivity contribution < 1.29 is 15.3 Å². The van der Waals surface area contributed by atoms with Gasteiger partial charge in [0.25, 0.3) is 0 Å². The van der Waals surface area contributed by atoms with Crippen LogP contribution in [0.25, 0.3) is 0 Å². The largest absolute Gasteiger partial charge is 0.396 e. The average Bonchev–Trinajstić information content (AvgIpc) is 2.00. The lowest BCUT2D eigenvalue weighted by Crippen LogP contribution is -2.56. The first-order chi connectivity index (χ1) is 6.33. The zero-order valence-electron chi connectivity index (χ0n) is 9.32. The molecule has 0 aliphatic heterocycles. The maximum atomic E-state index is 10.5. The Hall–Kier alpha value is -0.120. The van der Waals surface area contributed by atoms with E-state index < -0.39 is 5.60 Å². The highest BCUT2D eigenvalue weighted by Gasteiger charge is 2.51. The van der Waals surface area contributed by atoms with Gasteiger partial charge in [-0.2, -0.15) is 0 Å². The molecule has 1 saturated carbocycles. The molecule has 0 radical (unpaired) electrons. The van der Waals surface area contributed by atoms with Crippen molar-refractivity contribution in [3.63, 3.8) is 0 Å². The lowest BCUT2D eigenvalue weighted by Gasteiger charge is -2.52. The van der Waals surface area contributed by atoms with Crippen LogP contribution in [0.2, 0.25) is 0 Å². The molecule has 0 amide bonds. The van der Waals surface area contributed by atoms with Gasteiger partial charge in [-0.3, -0.25) is 0 Å². The number of rotatable bonds is 2. The molecule has 84 valence electrons. The minimum absolute atomic E-state index is 0.000362. The Morgan fingerprint density at radius 2 is 1.93 bits per heavy atom. The molecule has 1 fully saturated rings. The summed E-state index contributed by atoms with van der Waals surface area (Å²) in [7, 11) is 0. The number of aliphatic hydroxyl groups excluding tert-OH is 2. The lowest BCUT2D eigenvalue weighted by atomic mass is 9.59. The molecule has 1 aliphatic carbocycles. The van der Waals surface area contributed by atoms with Crippen molar-refractivity contribution in [2.45, 2.75) is 51.7 Å². The van der Waals surface area contributed by atoms with Gasteiger partial charge in [-0.15, -0.1) is 0 Å². The van der Waals surface area contributed by atoms with Gasteiger partial charge in [-0.05, 0) is 30.6 Å². The summed E-state index contributed by atoms with van der Waals surface area (Å²) in [5.41, 5.74) is -1.17. The van der Waals surface area contributed by atoms with Crippen molar-refractivity contribution in [3.8, 4) is 0 Å². The fourth-order valence-electron chi connectivity index (χ4n) is 2.87. The second-order valence-corrected chi connectivity index (χ2v) is 5.28. The smallest absolute Gasteiger partial charge is 0.0747 e. The highest BCUT2D eigenvalue weighted by molar-refractivity contribution is 5.02. The summed E-state index contributed by atoms with van der Waals surface area (Å²) in [5.74, 6) is 0.0356. The van der Waals surface area contributed by atoms with Crippen LogP contribution in [0.1, 0.15) is 40.0 Å². The van der Waals surface area contributed by atoms with Crippen LogP contribution in [0.3, 0.4) is 0 Å². The summed E-state index contributed by atoms with van der Waals surface area (Å²) in [6.07, 6.45) is 1.31. The Morgan fingerprint density at radius 3 is 2.36 bits per heavy atom. The highest BCUT2D eigenvalue weighted by atomic mass is 16.3. The summed E-state index contributed by atoms with van der Waals surface area (Å²) in [4.78, 5) is 0. The van der Waals surface area contributed by atoms with E-state index in [1.807, 2.05) is 20.8 Å². The summed E-state index contributed by atoms with van der Waals surface area (Å²) in [6.45, 7) is 5.86. The summed E-state index contributed by atoms with van der Waals surface area (Å²) in [5, 5.41) is 29.1. The first kappa shape index (κ1) is 12.0. The normalized spacial score (nSPS) is 42.4. The Bertz CT molecular complexity index is 203. The van der Waals surface area contributed by atoms with E-state index in [4.69, 9.17) is 5.11 Å². The molecule has 0 spiro atoms. The third-order valence-electron chi connectivity index (χ3n) is 3.85. The fourth-order valence-corrected chi connectivity index (χ4v) is 2.87. The van der Waals surface area contributed by atoms with E-state index in [1.54, 1.807) is 0 Å². The van der Waals surface area contributed by atoms with Gasteiger partial charge >= 0.3 is 0 Å². The predicted octanol–water partition coefficient (Wildman–Crippen LogP) is 0.917. The van der Waals surface area contributed by atoms with Gasteiger partial charge in [0.15, 0.2) is 0 Å². The van der Waals surface area contributed by atoms with Crippen LogP contribution in [-0.2, 0) is 0 Å². The zero-order chi connectivity index (χ0) is 11.0. The molecule has 0 aromatic carbocycles. The Labute approximate surface area is 85.8 Å². The van der Waals surface area contributed by atoms with Gasteiger partial charge in [0.1, 0.15) is 0 Å². The molecule has 3 atom stereocenters. The summed E-state index contributed by atoms with van der Waals surface area (Å²) < 4.78 is 0. The first-order valence-corrected chi connectivity index (χ1v) is 5.35. The van der Waals surface area contributed by atoms with E-state index in [-0.39, 0.29) is 24.0 Å². The number of hydrogen-bond donors (Lipinski definition) is 3. The number of hydrogen-bond acceptors (Lipinski definition) is 3. The first-order valence-electron chi connectivity index (χ1n) is 5.35. The van der Waals surface area contributed by atoms with Crippen LogP contribution in [0.4, 0.5) is 0 Å². The summed E-state index contributed by atoms with van der Waals surface area (Å²) in [6, 6.07) is 0. The summed E-state index contributed by atoms with van der Waals surface area (Å²) >= 11 is 0. The second-order valence-electron chi connectivity index (χ2n) is 5.28. The Balaban J connectivity index is 2.89. The molecule has 1 aliphatic rings. The monoisotopic (exact) mass is 202 g/mol. The molecule has 0 heterocycles.